The number of aromatic nitrogens is 1. The summed E-state index contributed by atoms with van der Waals surface area (Å²) in [5.41, 5.74) is 0.0681. The molecule has 1 aliphatic rings. The predicted octanol–water partition coefficient (Wildman–Crippen LogP) is 2.67. The van der Waals surface area contributed by atoms with Gasteiger partial charge < -0.3 is 9.31 Å². The molecule has 3 nitrogen and oxygen atoms in total. The van der Waals surface area contributed by atoms with Crippen molar-refractivity contribution in [3.8, 4) is 0 Å². The maximum Gasteiger partial charge on any atom is 0.498 e. The second-order valence-electron chi connectivity index (χ2n) is 5.72. The molecule has 1 atom stereocenters. The molecule has 1 saturated heterocycles. The van der Waals surface area contributed by atoms with E-state index in [2.05, 4.69) is 39.6 Å². The number of hydrogen-bond acceptors (Lipinski definition) is 3. The van der Waals surface area contributed by atoms with E-state index in [1.54, 1.807) is 6.20 Å². The molecule has 0 bridgehead atoms. The van der Waals surface area contributed by atoms with Gasteiger partial charge in [0.25, 0.3) is 0 Å². The van der Waals surface area contributed by atoms with Crippen LogP contribution in [0.25, 0.3) is 0 Å². The van der Waals surface area contributed by atoms with Crippen LogP contribution in [0.2, 0.25) is 5.15 Å². The molecule has 1 unspecified atom stereocenters. The Morgan fingerprint density at radius 2 is 1.94 bits per heavy atom. The Labute approximate surface area is 114 Å². The zero-order chi connectivity index (χ0) is 13.6. The summed E-state index contributed by atoms with van der Waals surface area (Å²) < 4.78 is 12.2. The summed E-state index contributed by atoms with van der Waals surface area (Å²) in [7, 11) is -0.450. The second-order valence-corrected chi connectivity index (χ2v) is 6.08. The molecule has 2 rings (SSSR count). The van der Waals surface area contributed by atoms with Gasteiger partial charge in [-0.2, -0.15) is 0 Å². The van der Waals surface area contributed by atoms with Crippen LogP contribution in [0.3, 0.4) is 0 Å². The second kappa shape index (κ2) is 4.51. The Kier molecular flexibility index (Phi) is 3.47. The molecule has 2 heterocycles. The third kappa shape index (κ3) is 2.06. The van der Waals surface area contributed by atoms with Crippen LogP contribution in [0.1, 0.15) is 34.6 Å². The molecular formula is C13H19BClNO2. The number of pyridine rings is 1. The first-order chi connectivity index (χ1) is 8.28. The summed E-state index contributed by atoms with van der Waals surface area (Å²) in [6, 6.07) is 3.73. The van der Waals surface area contributed by atoms with Gasteiger partial charge in [-0.05, 0) is 32.8 Å². The molecule has 0 aliphatic carbocycles. The topological polar surface area (TPSA) is 31.4 Å². The Morgan fingerprint density at radius 1 is 1.28 bits per heavy atom. The lowest BCUT2D eigenvalue weighted by Gasteiger charge is -2.39. The zero-order valence-corrected chi connectivity index (χ0v) is 12.3. The van der Waals surface area contributed by atoms with Gasteiger partial charge >= 0.3 is 7.12 Å². The third-order valence-corrected chi connectivity index (χ3v) is 4.41. The summed E-state index contributed by atoms with van der Waals surface area (Å²) >= 11 is 6.10. The van der Waals surface area contributed by atoms with Gasteiger partial charge in [0.2, 0.25) is 0 Å². The van der Waals surface area contributed by atoms with E-state index in [0.717, 1.165) is 5.46 Å². The molecule has 98 valence electrons. The summed E-state index contributed by atoms with van der Waals surface area (Å²) in [4.78, 5) is 4.07. The van der Waals surface area contributed by atoms with Gasteiger partial charge in [0.15, 0.2) is 0 Å². The van der Waals surface area contributed by atoms with Gasteiger partial charge in [-0.15, -0.1) is 0 Å². The summed E-state index contributed by atoms with van der Waals surface area (Å²) in [5.74, 6) is 0.341. The molecule has 1 fully saturated rings. The van der Waals surface area contributed by atoms with Crippen molar-refractivity contribution in [1.29, 1.82) is 0 Å². The van der Waals surface area contributed by atoms with Crippen LogP contribution in [0.5, 0.6) is 0 Å². The highest BCUT2D eigenvalue weighted by Gasteiger charge is 2.56. The van der Waals surface area contributed by atoms with Crippen molar-refractivity contribution in [3.05, 3.63) is 23.5 Å². The number of rotatable bonds is 2. The van der Waals surface area contributed by atoms with Gasteiger partial charge in [-0.25, -0.2) is 4.98 Å². The standard InChI is InChI=1S/C13H19BClNO2/c1-9(2)13(5)12(3,4)17-14(18-13)10-7-6-8-16-11(10)15/h6-9H,1-5H3. The van der Waals surface area contributed by atoms with E-state index in [4.69, 9.17) is 20.9 Å². The van der Waals surface area contributed by atoms with Crippen LogP contribution in [-0.4, -0.2) is 23.3 Å². The van der Waals surface area contributed by atoms with Crippen LogP contribution >= 0.6 is 11.6 Å². The fraction of sp³-hybridized carbons (Fsp3) is 0.615. The molecule has 1 aromatic heterocycles. The Morgan fingerprint density at radius 3 is 2.44 bits per heavy atom. The van der Waals surface area contributed by atoms with E-state index in [-0.39, 0.29) is 11.2 Å². The Balaban J connectivity index is 2.34. The highest BCUT2D eigenvalue weighted by atomic mass is 35.5. The minimum Gasteiger partial charge on any atom is -0.399 e. The number of nitrogens with zero attached hydrogens (tertiary/aromatic N) is 1. The lowest BCUT2D eigenvalue weighted by atomic mass is 9.78. The molecule has 1 aliphatic heterocycles. The molecule has 0 aromatic carbocycles. The van der Waals surface area contributed by atoms with Crippen molar-refractivity contribution in [2.24, 2.45) is 5.92 Å². The molecule has 0 spiro atoms. The minimum atomic E-state index is -0.450. The first kappa shape index (κ1) is 13.8. The highest BCUT2D eigenvalue weighted by Crippen LogP contribution is 2.42. The highest BCUT2D eigenvalue weighted by molar-refractivity contribution is 6.65. The molecular weight excluding hydrogens is 248 g/mol. The van der Waals surface area contributed by atoms with Gasteiger partial charge in [0.05, 0.1) is 11.2 Å². The van der Waals surface area contributed by atoms with E-state index in [9.17, 15) is 0 Å². The van der Waals surface area contributed by atoms with Crippen molar-refractivity contribution in [1.82, 2.24) is 4.98 Å². The van der Waals surface area contributed by atoms with Crippen LogP contribution in [0.15, 0.2) is 18.3 Å². The van der Waals surface area contributed by atoms with Crippen molar-refractivity contribution in [3.63, 3.8) is 0 Å². The van der Waals surface area contributed by atoms with Crippen molar-refractivity contribution in [2.45, 2.75) is 45.8 Å². The molecule has 18 heavy (non-hydrogen) atoms. The summed E-state index contributed by atoms with van der Waals surface area (Å²) in [6.07, 6.45) is 1.66. The first-order valence-corrected chi connectivity index (χ1v) is 6.62. The van der Waals surface area contributed by atoms with Gasteiger partial charge in [0.1, 0.15) is 5.15 Å². The van der Waals surface area contributed by atoms with Crippen LogP contribution in [0, 0.1) is 5.92 Å². The lowest BCUT2D eigenvalue weighted by molar-refractivity contribution is -0.0435. The smallest absolute Gasteiger partial charge is 0.399 e. The lowest BCUT2D eigenvalue weighted by Crippen LogP contribution is -2.48. The molecule has 5 heteroatoms. The van der Waals surface area contributed by atoms with Gasteiger partial charge in [-0.1, -0.05) is 31.5 Å². The van der Waals surface area contributed by atoms with E-state index in [1.807, 2.05) is 12.1 Å². The molecule has 0 amide bonds. The average Bonchev–Trinajstić information content (AvgIpc) is 2.51. The summed E-state index contributed by atoms with van der Waals surface area (Å²) in [6.45, 7) is 10.5. The first-order valence-electron chi connectivity index (χ1n) is 6.24. The van der Waals surface area contributed by atoms with Crippen molar-refractivity contribution < 1.29 is 9.31 Å². The van der Waals surface area contributed by atoms with Crippen LogP contribution in [0.4, 0.5) is 0 Å². The maximum atomic E-state index is 6.15. The van der Waals surface area contributed by atoms with Crippen molar-refractivity contribution >= 4 is 24.2 Å². The van der Waals surface area contributed by atoms with Crippen molar-refractivity contribution in [2.75, 3.05) is 0 Å². The number of halogens is 1. The normalized spacial score (nSPS) is 26.9. The van der Waals surface area contributed by atoms with E-state index in [0.29, 0.717) is 11.1 Å². The monoisotopic (exact) mass is 267 g/mol. The number of hydrogen-bond donors (Lipinski definition) is 0. The van der Waals surface area contributed by atoms with E-state index in [1.165, 1.54) is 0 Å². The molecule has 1 aromatic rings. The summed E-state index contributed by atoms with van der Waals surface area (Å²) in [5, 5.41) is 0.436. The van der Waals surface area contributed by atoms with Crippen LogP contribution in [-0.2, 0) is 9.31 Å². The van der Waals surface area contributed by atoms with Gasteiger partial charge in [0, 0.05) is 11.7 Å². The molecule has 0 radical (unpaired) electrons. The maximum absolute atomic E-state index is 6.15. The Bertz CT molecular complexity index is 452. The molecule has 0 N–H and O–H groups in total. The third-order valence-electron chi connectivity index (χ3n) is 4.09. The fourth-order valence-electron chi connectivity index (χ4n) is 2.31. The minimum absolute atomic E-state index is 0.341. The van der Waals surface area contributed by atoms with E-state index < -0.39 is 7.12 Å². The zero-order valence-electron chi connectivity index (χ0n) is 11.5. The SMILES string of the molecule is CC(C)C1(C)OB(c2cccnc2Cl)OC1(C)C. The fourth-order valence-corrected chi connectivity index (χ4v) is 2.51. The van der Waals surface area contributed by atoms with E-state index >= 15 is 0 Å². The van der Waals surface area contributed by atoms with Crippen LogP contribution < -0.4 is 5.46 Å². The quantitative estimate of drug-likeness (QED) is 0.610. The van der Waals surface area contributed by atoms with Gasteiger partial charge in [-0.3, -0.25) is 0 Å². The Hall–Kier alpha value is -0.575. The largest absolute Gasteiger partial charge is 0.498 e. The molecule has 0 saturated carbocycles. The average molecular weight is 268 g/mol. The predicted molar refractivity (Wildman–Crippen MR) is 74.1 cm³/mol.